The lowest BCUT2D eigenvalue weighted by atomic mass is 9.95. The molecule has 2 nitrogen and oxygen atoms in total. The van der Waals surface area contributed by atoms with Crippen LogP contribution in [0.5, 0.6) is 0 Å². The molecule has 1 aliphatic rings. The fraction of sp³-hybridized carbons (Fsp3) is 0.261. The first-order valence-electron chi connectivity index (χ1n) is 9.43. The Labute approximate surface area is 170 Å². The van der Waals surface area contributed by atoms with Gasteiger partial charge in [-0.2, -0.15) is 0 Å². The number of aliphatic hydroxyl groups is 1. The van der Waals surface area contributed by atoms with Gasteiger partial charge in [-0.05, 0) is 64.9 Å². The van der Waals surface area contributed by atoms with Gasteiger partial charge in [-0.25, -0.2) is 4.98 Å². The number of benzene rings is 2. The van der Waals surface area contributed by atoms with E-state index >= 15 is 0 Å². The lowest BCUT2D eigenvalue weighted by molar-refractivity contribution is 0.112. The highest BCUT2D eigenvalue weighted by molar-refractivity contribution is 9.10. The summed E-state index contributed by atoms with van der Waals surface area (Å²) in [6.45, 7) is 0. The Morgan fingerprint density at radius 2 is 1.52 bits per heavy atom. The van der Waals surface area contributed by atoms with Crippen LogP contribution < -0.4 is 10.6 Å². The number of aliphatic hydroxyl groups excluding tert-OH is 1. The van der Waals surface area contributed by atoms with E-state index in [0.717, 1.165) is 23.0 Å². The predicted molar refractivity (Wildman–Crippen MR) is 117 cm³/mol. The quantitative estimate of drug-likeness (QED) is 0.438. The van der Waals surface area contributed by atoms with Crippen LogP contribution in [0.15, 0.2) is 83.6 Å². The highest BCUT2D eigenvalue weighted by Crippen LogP contribution is 2.53. The molecule has 1 aliphatic carbocycles. The zero-order valence-corrected chi connectivity index (χ0v) is 17.6. The summed E-state index contributed by atoms with van der Waals surface area (Å²) in [5.41, 5.74) is 1.37. The lowest BCUT2D eigenvalue weighted by Gasteiger charge is -2.33. The van der Waals surface area contributed by atoms with Crippen molar-refractivity contribution in [1.29, 1.82) is 0 Å². The van der Waals surface area contributed by atoms with Crippen molar-refractivity contribution in [2.75, 3.05) is 0 Å². The van der Waals surface area contributed by atoms with Gasteiger partial charge >= 0.3 is 0 Å². The van der Waals surface area contributed by atoms with Gasteiger partial charge in [-0.1, -0.05) is 73.2 Å². The molecule has 0 saturated heterocycles. The number of rotatable bonds is 5. The summed E-state index contributed by atoms with van der Waals surface area (Å²) in [5.74, 6) is 0.247. The first kappa shape index (κ1) is 18.8. The normalized spacial score (nSPS) is 20.7. The largest absolute Gasteiger partial charge is 0.388 e. The van der Waals surface area contributed by atoms with Crippen molar-refractivity contribution in [1.82, 2.24) is 4.98 Å². The van der Waals surface area contributed by atoms with Gasteiger partial charge in [0, 0.05) is 11.8 Å². The van der Waals surface area contributed by atoms with Crippen LogP contribution in [0.1, 0.15) is 30.9 Å². The van der Waals surface area contributed by atoms with Crippen molar-refractivity contribution in [3.63, 3.8) is 0 Å². The molecule has 0 bridgehead atoms. The van der Waals surface area contributed by atoms with E-state index < -0.39 is 14.0 Å². The van der Waals surface area contributed by atoms with Crippen LogP contribution in [-0.4, -0.2) is 15.7 Å². The van der Waals surface area contributed by atoms with Crippen molar-refractivity contribution in [3.8, 4) is 0 Å². The molecule has 4 heteroatoms. The van der Waals surface area contributed by atoms with Gasteiger partial charge < -0.3 is 5.11 Å². The molecule has 0 aliphatic heterocycles. The van der Waals surface area contributed by atoms with Crippen LogP contribution in [0, 0.1) is 5.92 Å². The number of hydrogen-bond acceptors (Lipinski definition) is 2. The van der Waals surface area contributed by atoms with Crippen LogP contribution in [0.4, 0.5) is 0 Å². The predicted octanol–water partition coefficient (Wildman–Crippen LogP) is 5.18. The summed E-state index contributed by atoms with van der Waals surface area (Å²) in [5, 5.41) is 14.0. The zero-order chi connectivity index (χ0) is 18.6. The molecule has 3 aromatic rings. The highest BCUT2D eigenvalue weighted by atomic mass is 79.9. The molecule has 1 fully saturated rings. The minimum atomic E-state index is -0.519. The van der Waals surface area contributed by atoms with Crippen LogP contribution in [0.2, 0.25) is 0 Å². The third-order valence-corrected chi connectivity index (χ3v) is 9.12. The van der Waals surface area contributed by atoms with E-state index in [4.69, 9.17) is 0 Å². The third kappa shape index (κ3) is 4.01. The molecule has 27 heavy (non-hydrogen) atoms. The molecule has 2 unspecified atom stereocenters. The van der Waals surface area contributed by atoms with Gasteiger partial charge in [0.2, 0.25) is 0 Å². The van der Waals surface area contributed by atoms with Crippen molar-refractivity contribution in [3.05, 3.63) is 89.2 Å². The Hall–Kier alpha value is -1.54. The molecule has 0 spiro atoms. The summed E-state index contributed by atoms with van der Waals surface area (Å²) < 4.78 is 0.756. The van der Waals surface area contributed by atoms with Gasteiger partial charge in [0.15, 0.2) is 0 Å². The number of pyridine rings is 1. The summed E-state index contributed by atoms with van der Waals surface area (Å²) in [4.78, 5) is 4.32. The second-order valence-corrected chi connectivity index (χ2v) is 10.2. The van der Waals surface area contributed by atoms with Gasteiger partial charge in [0.05, 0.1) is 6.10 Å². The summed E-state index contributed by atoms with van der Waals surface area (Å²) in [6.07, 6.45) is 4.66. The van der Waals surface area contributed by atoms with Crippen molar-refractivity contribution < 1.29 is 5.11 Å². The molecular weight excluding hydrogens is 417 g/mol. The van der Waals surface area contributed by atoms with Gasteiger partial charge in [0.1, 0.15) is 4.60 Å². The Kier molecular flexibility index (Phi) is 6.02. The molecule has 2 aromatic carbocycles. The minimum absolute atomic E-state index is 0.247. The van der Waals surface area contributed by atoms with E-state index in [-0.39, 0.29) is 5.92 Å². The second kappa shape index (κ2) is 8.65. The number of hydrogen-bond donors (Lipinski definition) is 1. The van der Waals surface area contributed by atoms with Crippen molar-refractivity contribution >= 4 is 34.5 Å². The standard InChI is InChI=1S/C23H23BrNOP/c24-23-20(14-8-16-25-23)22(26)19-13-7-15-21(19)27(17-9-3-1-4-10-17)18-11-5-2-6-12-18/h1-6,8-12,14,16,19,21-22,26H,7,13,15H2/t19?,21?,22-/m0/s1. The van der Waals surface area contributed by atoms with Gasteiger partial charge in [-0.15, -0.1) is 0 Å². The van der Waals surface area contributed by atoms with E-state index in [9.17, 15) is 5.11 Å². The van der Waals surface area contributed by atoms with Crippen LogP contribution >= 0.6 is 23.9 Å². The van der Waals surface area contributed by atoms with Gasteiger partial charge in [0.25, 0.3) is 0 Å². The monoisotopic (exact) mass is 439 g/mol. The minimum Gasteiger partial charge on any atom is -0.388 e. The SMILES string of the molecule is O[C@H](c1cccnc1Br)C1CCCC1P(c1ccccc1)c1ccccc1. The molecule has 4 rings (SSSR count). The fourth-order valence-electron chi connectivity index (χ4n) is 4.22. The van der Waals surface area contributed by atoms with E-state index in [1.165, 1.54) is 17.0 Å². The average molecular weight is 440 g/mol. The van der Waals surface area contributed by atoms with Crippen LogP contribution in [0.3, 0.4) is 0 Å². The molecule has 0 amide bonds. The maximum absolute atomic E-state index is 11.3. The number of aromatic nitrogens is 1. The van der Waals surface area contributed by atoms with Crippen LogP contribution in [-0.2, 0) is 0 Å². The first-order chi connectivity index (χ1) is 13.3. The molecule has 3 atom stereocenters. The summed E-state index contributed by atoms with van der Waals surface area (Å²) >= 11 is 3.52. The lowest BCUT2D eigenvalue weighted by Crippen LogP contribution is -2.28. The van der Waals surface area contributed by atoms with E-state index in [2.05, 4.69) is 81.6 Å². The number of nitrogens with zero attached hydrogens (tertiary/aromatic N) is 1. The maximum Gasteiger partial charge on any atom is 0.111 e. The molecule has 1 N–H and O–H groups in total. The Morgan fingerprint density at radius 3 is 2.11 bits per heavy atom. The van der Waals surface area contributed by atoms with Crippen molar-refractivity contribution in [2.45, 2.75) is 31.0 Å². The molecule has 1 aromatic heterocycles. The Morgan fingerprint density at radius 1 is 0.889 bits per heavy atom. The van der Waals surface area contributed by atoms with E-state index in [0.29, 0.717) is 5.66 Å². The zero-order valence-electron chi connectivity index (χ0n) is 15.1. The Balaban J connectivity index is 1.72. The van der Waals surface area contributed by atoms with Gasteiger partial charge in [-0.3, -0.25) is 0 Å². The van der Waals surface area contributed by atoms with Crippen LogP contribution in [0.25, 0.3) is 0 Å². The van der Waals surface area contributed by atoms with E-state index in [1.807, 2.05) is 12.1 Å². The second-order valence-electron chi connectivity index (χ2n) is 7.03. The van der Waals surface area contributed by atoms with E-state index in [1.54, 1.807) is 6.20 Å². The molecule has 0 radical (unpaired) electrons. The molecular formula is C23H23BrNOP. The molecule has 1 heterocycles. The smallest absolute Gasteiger partial charge is 0.111 e. The molecule has 138 valence electrons. The highest BCUT2D eigenvalue weighted by Gasteiger charge is 2.39. The third-order valence-electron chi connectivity index (χ3n) is 5.44. The summed E-state index contributed by atoms with van der Waals surface area (Å²) in [6, 6.07) is 25.6. The van der Waals surface area contributed by atoms with Crippen molar-refractivity contribution in [2.24, 2.45) is 5.92 Å². The first-order valence-corrected chi connectivity index (χ1v) is 11.6. The fourth-order valence-corrected chi connectivity index (χ4v) is 7.89. The Bertz CT molecular complexity index is 834. The molecule has 1 saturated carbocycles. The number of halogens is 1. The maximum atomic E-state index is 11.3. The average Bonchev–Trinajstić information content (AvgIpc) is 3.19. The summed E-state index contributed by atoms with van der Waals surface area (Å²) in [7, 11) is -0.519. The topological polar surface area (TPSA) is 33.1 Å².